The summed E-state index contributed by atoms with van der Waals surface area (Å²) in [6, 6.07) is 4.05. The Labute approximate surface area is 185 Å². The molecule has 0 saturated heterocycles. The van der Waals surface area contributed by atoms with Gasteiger partial charge in [0.25, 0.3) is 0 Å². The first-order valence-corrected chi connectivity index (χ1v) is 11.7. The van der Waals surface area contributed by atoms with Gasteiger partial charge in [-0.05, 0) is 81.9 Å². The number of nitrogens with zero attached hydrogens (tertiary/aromatic N) is 3. The van der Waals surface area contributed by atoms with Gasteiger partial charge in [-0.15, -0.1) is 0 Å². The molecule has 2 aliphatic carbocycles. The lowest BCUT2D eigenvalue weighted by molar-refractivity contribution is -0.127. The number of carbonyl (C=O) groups is 1. The molecular formula is C25H34N4O2. The van der Waals surface area contributed by atoms with Crippen molar-refractivity contribution in [2.24, 2.45) is 11.8 Å². The number of aryl methyl sites for hydroxylation is 1. The van der Waals surface area contributed by atoms with Crippen LogP contribution in [0.1, 0.15) is 68.8 Å². The summed E-state index contributed by atoms with van der Waals surface area (Å²) in [4.78, 5) is 26.0. The Balaban J connectivity index is 1.30. The van der Waals surface area contributed by atoms with Crippen LogP contribution in [0.15, 0.2) is 30.7 Å². The van der Waals surface area contributed by atoms with Crippen LogP contribution < -0.4 is 5.32 Å². The largest absolute Gasteiger partial charge is 0.381 e. The summed E-state index contributed by atoms with van der Waals surface area (Å²) < 4.78 is 5.42. The van der Waals surface area contributed by atoms with Crippen LogP contribution in [-0.4, -0.2) is 40.6 Å². The zero-order valence-corrected chi connectivity index (χ0v) is 18.7. The fraction of sp³-hybridized carbons (Fsp3) is 0.600. The van der Waals surface area contributed by atoms with Crippen molar-refractivity contribution in [3.05, 3.63) is 42.2 Å². The number of rotatable bonds is 6. The van der Waals surface area contributed by atoms with Crippen molar-refractivity contribution >= 4 is 5.91 Å². The summed E-state index contributed by atoms with van der Waals surface area (Å²) in [7, 11) is 1.77. The topological polar surface area (TPSA) is 77.0 Å². The number of hydrogen-bond donors (Lipinski definition) is 1. The Morgan fingerprint density at radius 2 is 1.77 bits per heavy atom. The first-order valence-electron chi connectivity index (χ1n) is 11.7. The lowest BCUT2D eigenvalue weighted by Crippen LogP contribution is -2.37. The van der Waals surface area contributed by atoms with Crippen molar-refractivity contribution in [2.45, 2.75) is 70.3 Å². The van der Waals surface area contributed by atoms with E-state index in [4.69, 9.17) is 9.72 Å². The van der Waals surface area contributed by atoms with E-state index >= 15 is 0 Å². The van der Waals surface area contributed by atoms with E-state index in [1.165, 1.54) is 0 Å². The minimum Gasteiger partial charge on any atom is -0.381 e. The van der Waals surface area contributed by atoms with Gasteiger partial charge in [-0.25, -0.2) is 9.97 Å². The average Bonchev–Trinajstić information content (AvgIpc) is 2.83. The fourth-order valence-electron chi connectivity index (χ4n) is 5.14. The van der Waals surface area contributed by atoms with Gasteiger partial charge in [0.15, 0.2) is 0 Å². The van der Waals surface area contributed by atoms with Crippen molar-refractivity contribution in [3.8, 4) is 11.1 Å². The minimum atomic E-state index is 0.162. The van der Waals surface area contributed by atoms with Crippen molar-refractivity contribution in [3.63, 3.8) is 0 Å². The van der Waals surface area contributed by atoms with E-state index in [9.17, 15) is 4.79 Å². The molecule has 0 aliphatic heterocycles. The molecule has 2 fully saturated rings. The first kappa shape index (κ1) is 21.9. The number of amides is 1. The van der Waals surface area contributed by atoms with Gasteiger partial charge in [0, 0.05) is 49.6 Å². The molecule has 2 heterocycles. The predicted molar refractivity (Wildman–Crippen MR) is 120 cm³/mol. The lowest BCUT2D eigenvalue weighted by atomic mass is 9.78. The van der Waals surface area contributed by atoms with Crippen molar-refractivity contribution in [1.29, 1.82) is 0 Å². The number of methoxy groups -OCH3 is 1. The molecule has 4 rings (SSSR count). The smallest absolute Gasteiger partial charge is 0.223 e. The lowest BCUT2D eigenvalue weighted by Gasteiger charge is -2.31. The summed E-state index contributed by atoms with van der Waals surface area (Å²) in [5.74, 6) is 2.23. The zero-order chi connectivity index (χ0) is 21.6. The Bertz CT molecular complexity index is 857. The molecule has 6 nitrogen and oxygen atoms in total. The number of nitrogens with one attached hydrogen (secondary N) is 1. The molecule has 0 unspecified atom stereocenters. The van der Waals surface area contributed by atoms with E-state index in [0.717, 1.165) is 80.6 Å². The molecule has 31 heavy (non-hydrogen) atoms. The van der Waals surface area contributed by atoms with Gasteiger partial charge in [-0.2, -0.15) is 0 Å². The fourth-order valence-corrected chi connectivity index (χ4v) is 5.14. The number of carbonyl (C=O) groups excluding carboxylic acids is 1. The first-order chi connectivity index (χ1) is 15.1. The maximum Gasteiger partial charge on any atom is 0.223 e. The number of aromatic nitrogens is 3. The zero-order valence-electron chi connectivity index (χ0n) is 18.7. The molecule has 2 saturated carbocycles. The van der Waals surface area contributed by atoms with Crippen molar-refractivity contribution in [2.75, 3.05) is 13.7 Å². The van der Waals surface area contributed by atoms with E-state index in [1.807, 2.05) is 37.6 Å². The summed E-state index contributed by atoms with van der Waals surface area (Å²) in [5.41, 5.74) is 3.41. The molecule has 2 aliphatic rings. The van der Waals surface area contributed by atoms with Crippen LogP contribution in [0.3, 0.4) is 0 Å². The SMILES string of the molecule is COC1CCC(C(=O)NCC2CCC(c3nc(C)ncc3-c3ccncc3)CC2)CC1. The third-order valence-corrected chi connectivity index (χ3v) is 7.11. The molecule has 166 valence electrons. The van der Waals surface area contributed by atoms with Gasteiger partial charge in [0.05, 0.1) is 11.8 Å². The molecule has 0 atom stereocenters. The second-order valence-electron chi connectivity index (χ2n) is 9.12. The summed E-state index contributed by atoms with van der Waals surface area (Å²) in [6.45, 7) is 2.76. The molecule has 1 N–H and O–H groups in total. The molecule has 0 aromatic carbocycles. The molecule has 2 aromatic rings. The Hall–Kier alpha value is -2.34. The van der Waals surface area contributed by atoms with Crippen LogP contribution in [0.4, 0.5) is 0 Å². The minimum absolute atomic E-state index is 0.162. The number of pyridine rings is 1. The second kappa shape index (κ2) is 10.3. The van der Waals surface area contributed by atoms with Gasteiger partial charge in [-0.1, -0.05) is 0 Å². The highest BCUT2D eigenvalue weighted by molar-refractivity contribution is 5.78. The van der Waals surface area contributed by atoms with Crippen LogP contribution in [-0.2, 0) is 9.53 Å². The second-order valence-corrected chi connectivity index (χ2v) is 9.12. The van der Waals surface area contributed by atoms with Gasteiger partial charge in [-0.3, -0.25) is 9.78 Å². The normalized spacial score (nSPS) is 26.4. The van der Waals surface area contributed by atoms with Crippen LogP contribution in [0.2, 0.25) is 0 Å². The Morgan fingerprint density at radius 3 is 2.45 bits per heavy atom. The quantitative estimate of drug-likeness (QED) is 0.745. The predicted octanol–water partition coefficient (Wildman–Crippen LogP) is 4.44. The molecule has 6 heteroatoms. The van der Waals surface area contributed by atoms with Crippen LogP contribution >= 0.6 is 0 Å². The highest BCUT2D eigenvalue weighted by Crippen LogP contribution is 2.38. The number of ether oxygens (including phenoxy) is 1. The molecule has 0 bridgehead atoms. The monoisotopic (exact) mass is 422 g/mol. The van der Waals surface area contributed by atoms with Crippen LogP contribution in [0.5, 0.6) is 0 Å². The highest BCUT2D eigenvalue weighted by atomic mass is 16.5. The van der Waals surface area contributed by atoms with E-state index in [1.54, 1.807) is 7.11 Å². The van der Waals surface area contributed by atoms with Crippen LogP contribution in [0.25, 0.3) is 11.1 Å². The van der Waals surface area contributed by atoms with Crippen LogP contribution in [0, 0.1) is 18.8 Å². The highest BCUT2D eigenvalue weighted by Gasteiger charge is 2.29. The Morgan fingerprint density at radius 1 is 1.06 bits per heavy atom. The number of hydrogen-bond acceptors (Lipinski definition) is 5. The van der Waals surface area contributed by atoms with Gasteiger partial charge in [0.1, 0.15) is 5.82 Å². The molecule has 2 aromatic heterocycles. The maximum atomic E-state index is 12.6. The van der Waals surface area contributed by atoms with E-state index in [-0.39, 0.29) is 11.8 Å². The van der Waals surface area contributed by atoms with Gasteiger partial charge < -0.3 is 10.1 Å². The van der Waals surface area contributed by atoms with E-state index < -0.39 is 0 Å². The standard InChI is InChI=1S/C25H34N4O2/c1-17-27-16-23(19-11-13-26-14-12-19)24(29-17)20-5-3-18(4-6-20)15-28-25(30)21-7-9-22(31-2)10-8-21/h11-14,16,18,20-22H,3-10,15H2,1-2H3,(H,28,30). The molecule has 1 amide bonds. The molecule has 0 spiro atoms. The van der Waals surface area contributed by atoms with Gasteiger partial charge in [0.2, 0.25) is 5.91 Å². The molecular weight excluding hydrogens is 388 g/mol. The van der Waals surface area contributed by atoms with Gasteiger partial charge >= 0.3 is 0 Å². The summed E-state index contributed by atoms with van der Waals surface area (Å²) in [5, 5.41) is 3.24. The Kier molecular flexibility index (Phi) is 7.28. The van der Waals surface area contributed by atoms with Crippen molar-refractivity contribution in [1.82, 2.24) is 20.3 Å². The van der Waals surface area contributed by atoms with E-state index in [2.05, 4.69) is 15.3 Å². The molecule has 0 radical (unpaired) electrons. The third-order valence-electron chi connectivity index (χ3n) is 7.11. The average molecular weight is 423 g/mol. The summed E-state index contributed by atoms with van der Waals surface area (Å²) >= 11 is 0. The van der Waals surface area contributed by atoms with E-state index in [0.29, 0.717) is 17.9 Å². The maximum absolute atomic E-state index is 12.6. The van der Waals surface area contributed by atoms with Crippen molar-refractivity contribution < 1.29 is 9.53 Å². The third kappa shape index (κ3) is 5.48. The summed E-state index contributed by atoms with van der Waals surface area (Å²) in [6.07, 6.45) is 14.3.